The maximum absolute atomic E-state index is 12.5. The van der Waals surface area contributed by atoms with Crippen LogP contribution in [0.5, 0.6) is 0 Å². The predicted molar refractivity (Wildman–Crippen MR) is 87.5 cm³/mol. The zero-order chi connectivity index (χ0) is 15.5. The Balaban J connectivity index is 1.70. The monoisotopic (exact) mass is 294 g/mol. The Bertz CT molecular complexity index is 653. The maximum atomic E-state index is 12.5. The fourth-order valence-electron chi connectivity index (χ4n) is 3.31. The molecule has 22 heavy (non-hydrogen) atoms. The quantitative estimate of drug-likeness (QED) is 0.868. The van der Waals surface area contributed by atoms with Gasteiger partial charge in [0.25, 0.3) is 0 Å². The lowest BCUT2D eigenvalue weighted by atomic mass is 9.93. The molecule has 3 rings (SSSR count). The SMILES string of the molecule is Cc1ccncc1CC1C[C@H](Cc2ccccc2)N(C)C1=O. The first-order chi connectivity index (χ1) is 10.6. The van der Waals surface area contributed by atoms with E-state index in [9.17, 15) is 4.79 Å². The van der Waals surface area contributed by atoms with Crippen molar-refractivity contribution in [2.75, 3.05) is 7.05 Å². The number of aryl methyl sites for hydroxylation is 1. The zero-order valence-corrected chi connectivity index (χ0v) is 13.2. The molecule has 2 heterocycles. The number of pyridine rings is 1. The van der Waals surface area contributed by atoms with Gasteiger partial charge in [0.2, 0.25) is 5.91 Å². The topological polar surface area (TPSA) is 33.2 Å². The van der Waals surface area contributed by atoms with Crippen molar-refractivity contribution in [1.29, 1.82) is 0 Å². The number of amides is 1. The van der Waals surface area contributed by atoms with Crippen LogP contribution in [0.3, 0.4) is 0 Å². The molecular formula is C19H22N2O. The molecule has 0 radical (unpaired) electrons. The Morgan fingerprint density at radius 2 is 1.95 bits per heavy atom. The average Bonchev–Trinajstić information content (AvgIpc) is 2.79. The maximum Gasteiger partial charge on any atom is 0.226 e. The van der Waals surface area contributed by atoms with Gasteiger partial charge in [-0.25, -0.2) is 0 Å². The number of hydrogen-bond acceptors (Lipinski definition) is 2. The molecule has 0 bridgehead atoms. The normalized spacial score (nSPS) is 21.4. The summed E-state index contributed by atoms with van der Waals surface area (Å²) in [4.78, 5) is 18.7. The van der Waals surface area contributed by atoms with Crippen molar-refractivity contribution in [1.82, 2.24) is 9.88 Å². The lowest BCUT2D eigenvalue weighted by Crippen LogP contribution is -2.31. The van der Waals surface area contributed by atoms with Crippen LogP contribution in [0.2, 0.25) is 0 Å². The molecule has 2 aromatic rings. The summed E-state index contributed by atoms with van der Waals surface area (Å²) in [6.07, 6.45) is 6.37. The van der Waals surface area contributed by atoms with Crippen LogP contribution >= 0.6 is 0 Å². The molecule has 1 fully saturated rings. The molecule has 0 spiro atoms. The summed E-state index contributed by atoms with van der Waals surface area (Å²) in [5.74, 6) is 0.353. The number of benzene rings is 1. The van der Waals surface area contributed by atoms with Crippen LogP contribution in [-0.4, -0.2) is 28.9 Å². The van der Waals surface area contributed by atoms with Crippen LogP contribution in [0.25, 0.3) is 0 Å². The highest BCUT2D eigenvalue weighted by atomic mass is 16.2. The van der Waals surface area contributed by atoms with Crippen molar-refractivity contribution in [2.45, 2.75) is 32.2 Å². The van der Waals surface area contributed by atoms with E-state index in [-0.39, 0.29) is 11.8 Å². The van der Waals surface area contributed by atoms with E-state index in [1.165, 1.54) is 16.7 Å². The molecule has 0 N–H and O–H groups in total. The van der Waals surface area contributed by atoms with Crippen molar-refractivity contribution in [3.63, 3.8) is 0 Å². The largest absolute Gasteiger partial charge is 0.342 e. The summed E-state index contributed by atoms with van der Waals surface area (Å²) in [5.41, 5.74) is 3.71. The molecule has 3 nitrogen and oxygen atoms in total. The molecule has 1 unspecified atom stereocenters. The number of likely N-dealkylation sites (N-methyl/N-ethyl adjacent to an activating group) is 1. The minimum atomic E-state index is 0.0848. The van der Waals surface area contributed by atoms with Gasteiger partial charge < -0.3 is 4.90 Å². The summed E-state index contributed by atoms with van der Waals surface area (Å²) in [6.45, 7) is 2.08. The van der Waals surface area contributed by atoms with Gasteiger partial charge in [-0.3, -0.25) is 9.78 Å². The summed E-state index contributed by atoms with van der Waals surface area (Å²) in [6, 6.07) is 12.7. The second kappa shape index (κ2) is 6.30. The Morgan fingerprint density at radius 3 is 2.68 bits per heavy atom. The Hall–Kier alpha value is -2.16. The molecule has 1 amide bonds. The van der Waals surface area contributed by atoms with Gasteiger partial charge in [-0.2, -0.15) is 0 Å². The Kier molecular flexibility index (Phi) is 4.23. The third kappa shape index (κ3) is 3.03. The number of carbonyl (C=O) groups excluding carboxylic acids is 1. The van der Waals surface area contributed by atoms with Crippen molar-refractivity contribution < 1.29 is 4.79 Å². The zero-order valence-electron chi connectivity index (χ0n) is 13.2. The van der Waals surface area contributed by atoms with E-state index in [0.29, 0.717) is 6.04 Å². The molecule has 1 aliphatic heterocycles. The molecule has 114 valence electrons. The van der Waals surface area contributed by atoms with Crippen LogP contribution in [0.15, 0.2) is 48.8 Å². The number of carbonyl (C=O) groups is 1. The van der Waals surface area contributed by atoms with Crippen LogP contribution in [0.1, 0.15) is 23.1 Å². The molecule has 1 aromatic heterocycles. The molecular weight excluding hydrogens is 272 g/mol. The van der Waals surface area contributed by atoms with Gasteiger partial charge in [-0.15, -0.1) is 0 Å². The van der Waals surface area contributed by atoms with Gasteiger partial charge in [-0.05, 0) is 48.9 Å². The van der Waals surface area contributed by atoms with Crippen LogP contribution in [0.4, 0.5) is 0 Å². The summed E-state index contributed by atoms with van der Waals surface area (Å²) in [5, 5.41) is 0. The van der Waals surface area contributed by atoms with Gasteiger partial charge in [0, 0.05) is 31.4 Å². The molecule has 0 saturated carbocycles. The first kappa shape index (κ1) is 14.8. The Morgan fingerprint density at radius 1 is 1.18 bits per heavy atom. The minimum Gasteiger partial charge on any atom is -0.342 e. The van der Waals surface area contributed by atoms with E-state index in [1.54, 1.807) is 6.20 Å². The molecule has 1 aliphatic rings. The van der Waals surface area contributed by atoms with Crippen molar-refractivity contribution in [3.8, 4) is 0 Å². The molecule has 0 aliphatic carbocycles. The third-order valence-electron chi connectivity index (χ3n) is 4.73. The second-order valence-corrected chi connectivity index (χ2v) is 6.23. The fourth-order valence-corrected chi connectivity index (χ4v) is 3.31. The number of rotatable bonds is 4. The minimum absolute atomic E-state index is 0.0848. The standard InChI is InChI=1S/C19H22N2O/c1-14-8-9-20-13-17(14)11-16-12-18(21(2)19(16)22)10-15-6-4-3-5-7-15/h3-9,13,16,18H,10-12H2,1-2H3/t16?,18-/m0/s1. The van der Waals surface area contributed by atoms with Crippen LogP contribution < -0.4 is 0 Å². The predicted octanol–water partition coefficient (Wildman–Crippen LogP) is 3.02. The van der Waals surface area contributed by atoms with E-state index in [4.69, 9.17) is 0 Å². The van der Waals surface area contributed by atoms with Gasteiger partial charge in [-0.1, -0.05) is 30.3 Å². The first-order valence-electron chi connectivity index (χ1n) is 7.85. The Labute approximate surface area is 132 Å². The van der Waals surface area contributed by atoms with Gasteiger partial charge in [0.15, 0.2) is 0 Å². The smallest absolute Gasteiger partial charge is 0.226 e. The summed E-state index contributed by atoms with van der Waals surface area (Å²) in [7, 11) is 1.94. The highest BCUT2D eigenvalue weighted by molar-refractivity contribution is 5.81. The van der Waals surface area contributed by atoms with Crippen LogP contribution in [0, 0.1) is 12.8 Å². The van der Waals surface area contributed by atoms with Gasteiger partial charge in [0.05, 0.1) is 0 Å². The van der Waals surface area contributed by atoms with Gasteiger partial charge >= 0.3 is 0 Å². The van der Waals surface area contributed by atoms with Crippen LogP contribution in [-0.2, 0) is 17.6 Å². The molecule has 2 atom stereocenters. The summed E-state index contributed by atoms with van der Waals surface area (Å²) >= 11 is 0. The van der Waals surface area contributed by atoms with E-state index in [1.807, 2.05) is 30.3 Å². The van der Waals surface area contributed by atoms with E-state index >= 15 is 0 Å². The molecule has 1 saturated heterocycles. The lowest BCUT2D eigenvalue weighted by Gasteiger charge is -2.19. The number of aromatic nitrogens is 1. The molecule has 1 aromatic carbocycles. The first-order valence-corrected chi connectivity index (χ1v) is 7.85. The molecule has 3 heteroatoms. The number of hydrogen-bond donors (Lipinski definition) is 0. The van der Waals surface area contributed by atoms with Crippen molar-refractivity contribution in [3.05, 3.63) is 65.5 Å². The number of nitrogens with zero attached hydrogens (tertiary/aromatic N) is 2. The van der Waals surface area contributed by atoms with Crippen molar-refractivity contribution >= 4 is 5.91 Å². The van der Waals surface area contributed by atoms with E-state index in [0.717, 1.165) is 19.3 Å². The number of likely N-dealkylation sites (tertiary alicyclic amines) is 1. The van der Waals surface area contributed by atoms with E-state index < -0.39 is 0 Å². The fraction of sp³-hybridized carbons (Fsp3) is 0.368. The van der Waals surface area contributed by atoms with Crippen molar-refractivity contribution in [2.24, 2.45) is 5.92 Å². The third-order valence-corrected chi connectivity index (χ3v) is 4.73. The highest BCUT2D eigenvalue weighted by Gasteiger charge is 2.37. The second-order valence-electron chi connectivity index (χ2n) is 6.23. The highest BCUT2D eigenvalue weighted by Crippen LogP contribution is 2.29. The van der Waals surface area contributed by atoms with Gasteiger partial charge in [0.1, 0.15) is 0 Å². The average molecular weight is 294 g/mol. The lowest BCUT2D eigenvalue weighted by molar-refractivity contribution is -0.130. The van der Waals surface area contributed by atoms with E-state index in [2.05, 4.69) is 36.2 Å². The summed E-state index contributed by atoms with van der Waals surface area (Å²) < 4.78 is 0.